The number of pyridine rings is 1. The average Bonchev–Trinajstić information content (AvgIpc) is 2.87. The summed E-state index contributed by atoms with van der Waals surface area (Å²) in [4.78, 5) is 29.0. The number of aryl methyl sites for hydroxylation is 1. The van der Waals surface area contributed by atoms with Gasteiger partial charge in [0.05, 0.1) is 0 Å². The molecule has 5 heteroatoms. The summed E-state index contributed by atoms with van der Waals surface area (Å²) in [6, 6.07) is 3.80. The van der Waals surface area contributed by atoms with Crippen molar-refractivity contribution in [3.8, 4) is 0 Å². The van der Waals surface area contributed by atoms with Gasteiger partial charge >= 0.3 is 0 Å². The summed E-state index contributed by atoms with van der Waals surface area (Å²) in [5, 5.41) is 3.39. The lowest BCUT2D eigenvalue weighted by Gasteiger charge is -2.29. The SMILES string of the molecule is Cc1ccc(C(=O)N(CC2CCCN2)C(C)C)c(=O)[nH]1. The standard InChI is InChI=1S/C15H23N3O2/c1-10(2)18(9-12-5-4-8-16-12)15(20)13-7-6-11(3)17-14(13)19/h6-7,10,12,16H,4-5,8-9H2,1-3H3,(H,17,19). The Labute approximate surface area is 119 Å². The third kappa shape index (κ3) is 3.28. The number of nitrogens with one attached hydrogen (secondary N) is 2. The van der Waals surface area contributed by atoms with Crippen LogP contribution in [0.4, 0.5) is 0 Å². The first-order valence-corrected chi connectivity index (χ1v) is 7.23. The predicted octanol–water partition coefficient (Wildman–Crippen LogP) is 1.29. The number of nitrogens with zero attached hydrogens (tertiary/aromatic N) is 1. The predicted molar refractivity (Wildman–Crippen MR) is 79.0 cm³/mol. The minimum atomic E-state index is -0.306. The molecule has 1 amide bonds. The van der Waals surface area contributed by atoms with Crippen LogP contribution in [0.2, 0.25) is 0 Å². The van der Waals surface area contributed by atoms with Crippen molar-refractivity contribution in [1.29, 1.82) is 0 Å². The van der Waals surface area contributed by atoms with E-state index in [1.54, 1.807) is 24.0 Å². The van der Waals surface area contributed by atoms with Crippen LogP contribution in [0.25, 0.3) is 0 Å². The number of rotatable bonds is 4. The molecule has 2 heterocycles. The van der Waals surface area contributed by atoms with Crippen molar-refractivity contribution >= 4 is 5.91 Å². The lowest BCUT2D eigenvalue weighted by atomic mass is 10.1. The zero-order valence-corrected chi connectivity index (χ0v) is 12.4. The van der Waals surface area contributed by atoms with E-state index in [1.807, 2.05) is 13.8 Å². The van der Waals surface area contributed by atoms with E-state index >= 15 is 0 Å². The van der Waals surface area contributed by atoms with Gasteiger partial charge in [-0.25, -0.2) is 0 Å². The van der Waals surface area contributed by atoms with Crippen molar-refractivity contribution in [1.82, 2.24) is 15.2 Å². The molecule has 2 N–H and O–H groups in total. The molecule has 0 spiro atoms. The third-order valence-corrected chi connectivity index (χ3v) is 3.75. The molecule has 1 atom stereocenters. The molecular formula is C15H23N3O2. The van der Waals surface area contributed by atoms with Crippen molar-refractivity contribution in [2.75, 3.05) is 13.1 Å². The number of carbonyl (C=O) groups is 1. The van der Waals surface area contributed by atoms with Gasteiger partial charge in [-0.1, -0.05) is 0 Å². The van der Waals surface area contributed by atoms with E-state index in [0.717, 1.165) is 25.1 Å². The second-order valence-corrected chi connectivity index (χ2v) is 5.73. The first kappa shape index (κ1) is 14.8. The molecule has 5 nitrogen and oxygen atoms in total. The third-order valence-electron chi connectivity index (χ3n) is 3.75. The van der Waals surface area contributed by atoms with Gasteiger partial charge in [-0.2, -0.15) is 0 Å². The molecule has 1 saturated heterocycles. The fourth-order valence-electron chi connectivity index (χ4n) is 2.57. The molecule has 1 aliphatic heterocycles. The average molecular weight is 277 g/mol. The molecule has 0 aliphatic carbocycles. The molecular weight excluding hydrogens is 254 g/mol. The second kappa shape index (κ2) is 6.22. The highest BCUT2D eigenvalue weighted by molar-refractivity contribution is 5.94. The van der Waals surface area contributed by atoms with Crippen LogP contribution in [0.5, 0.6) is 0 Å². The number of hydrogen-bond acceptors (Lipinski definition) is 3. The maximum atomic E-state index is 12.6. The molecule has 1 aromatic rings. The summed E-state index contributed by atoms with van der Waals surface area (Å²) in [7, 11) is 0. The molecule has 1 fully saturated rings. The van der Waals surface area contributed by atoms with E-state index in [4.69, 9.17) is 0 Å². The second-order valence-electron chi connectivity index (χ2n) is 5.73. The molecule has 2 rings (SSSR count). The summed E-state index contributed by atoms with van der Waals surface area (Å²) < 4.78 is 0. The molecule has 0 saturated carbocycles. The Kier molecular flexibility index (Phi) is 4.60. The molecule has 1 unspecified atom stereocenters. The Morgan fingerprint density at radius 3 is 2.75 bits per heavy atom. The van der Waals surface area contributed by atoms with Crippen LogP contribution < -0.4 is 10.9 Å². The highest BCUT2D eigenvalue weighted by Gasteiger charge is 2.25. The normalized spacial score (nSPS) is 18.5. The zero-order valence-electron chi connectivity index (χ0n) is 12.4. The summed E-state index contributed by atoms with van der Waals surface area (Å²) in [5.74, 6) is -0.185. The van der Waals surface area contributed by atoms with E-state index in [2.05, 4.69) is 10.3 Å². The Balaban J connectivity index is 2.19. The minimum Gasteiger partial charge on any atom is -0.334 e. The summed E-state index contributed by atoms with van der Waals surface area (Å²) in [5.41, 5.74) is 0.683. The number of amides is 1. The lowest BCUT2D eigenvalue weighted by molar-refractivity contribution is 0.0687. The van der Waals surface area contributed by atoms with Gasteiger partial charge in [0.15, 0.2) is 0 Å². The van der Waals surface area contributed by atoms with Crippen LogP contribution in [-0.2, 0) is 0 Å². The largest absolute Gasteiger partial charge is 0.334 e. The molecule has 20 heavy (non-hydrogen) atoms. The van der Waals surface area contributed by atoms with Gasteiger partial charge in [0.25, 0.3) is 11.5 Å². The zero-order chi connectivity index (χ0) is 14.7. The summed E-state index contributed by atoms with van der Waals surface area (Å²) >= 11 is 0. The maximum Gasteiger partial charge on any atom is 0.260 e. The van der Waals surface area contributed by atoms with Gasteiger partial charge in [0.2, 0.25) is 0 Å². The van der Waals surface area contributed by atoms with Gasteiger partial charge in [0, 0.05) is 24.3 Å². The van der Waals surface area contributed by atoms with Crippen LogP contribution in [0.15, 0.2) is 16.9 Å². The minimum absolute atomic E-state index is 0.0746. The van der Waals surface area contributed by atoms with Gasteiger partial charge in [0.1, 0.15) is 5.56 Å². The van der Waals surface area contributed by atoms with Crippen LogP contribution in [0, 0.1) is 6.92 Å². The highest BCUT2D eigenvalue weighted by Crippen LogP contribution is 2.12. The van der Waals surface area contributed by atoms with E-state index in [1.165, 1.54) is 0 Å². The Hall–Kier alpha value is -1.62. The summed E-state index contributed by atoms with van der Waals surface area (Å²) in [6.07, 6.45) is 2.23. The van der Waals surface area contributed by atoms with Crippen molar-refractivity contribution in [2.45, 2.75) is 45.7 Å². The topological polar surface area (TPSA) is 65.2 Å². The van der Waals surface area contributed by atoms with Gasteiger partial charge in [-0.15, -0.1) is 0 Å². The molecule has 110 valence electrons. The van der Waals surface area contributed by atoms with Crippen molar-refractivity contribution in [3.63, 3.8) is 0 Å². The first-order chi connectivity index (χ1) is 9.49. The maximum absolute atomic E-state index is 12.6. The van der Waals surface area contributed by atoms with Crippen LogP contribution in [0.3, 0.4) is 0 Å². The number of carbonyl (C=O) groups excluding carboxylic acids is 1. The number of H-pyrrole nitrogens is 1. The molecule has 0 radical (unpaired) electrons. The van der Waals surface area contributed by atoms with Gasteiger partial charge in [-0.05, 0) is 52.3 Å². The Bertz CT molecular complexity index is 530. The van der Waals surface area contributed by atoms with Crippen LogP contribution in [0.1, 0.15) is 42.7 Å². The first-order valence-electron chi connectivity index (χ1n) is 7.23. The van der Waals surface area contributed by atoms with Gasteiger partial charge < -0.3 is 15.2 Å². The van der Waals surface area contributed by atoms with E-state index < -0.39 is 0 Å². The van der Waals surface area contributed by atoms with E-state index in [-0.39, 0.29) is 23.1 Å². The monoisotopic (exact) mass is 277 g/mol. The fourth-order valence-corrected chi connectivity index (χ4v) is 2.57. The summed E-state index contributed by atoms with van der Waals surface area (Å²) in [6.45, 7) is 7.43. The Morgan fingerprint density at radius 2 is 2.20 bits per heavy atom. The lowest BCUT2D eigenvalue weighted by Crippen LogP contribution is -2.46. The molecule has 0 bridgehead atoms. The number of hydrogen-bond donors (Lipinski definition) is 2. The molecule has 0 aromatic carbocycles. The van der Waals surface area contributed by atoms with Crippen molar-refractivity contribution < 1.29 is 4.79 Å². The van der Waals surface area contributed by atoms with E-state index in [9.17, 15) is 9.59 Å². The quantitative estimate of drug-likeness (QED) is 0.871. The molecule has 1 aromatic heterocycles. The van der Waals surface area contributed by atoms with Gasteiger partial charge in [-0.3, -0.25) is 9.59 Å². The number of aromatic amines is 1. The van der Waals surface area contributed by atoms with Crippen LogP contribution >= 0.6 is 0 Å². The van der Waals surface area contributed by atoms with Crippen molar-refractivity contribution in [3.05, 3.63) is 33.7 Å². The highest BCUT2D eigenvalue weighted by atomic mass is 16.2. The van der Waals surface area contributed by atoms with E-state index in [0.29, 0.717) is 12.6 Å². The fraction of sp³-hybridized carbons (Fsp3) is 0.600. The van der Waals surface area contributed by atoms with Crippen molar-refractivity contribution in [2.24, 2.45) is 0 Å². The Morgan fingerprint density at radius 1 is 1.45 bits per heavy atom. The smallest absolute Gasteiger partial charge is 0.260 e. The number of aromatic nitrogens is 1. The van der Waals surface area contributed by atoms with Crippen LogP contribution in [-0.4, -0.2) is 41.0 Å². The molecule has 1 aliphatic rings.